The van der Waals surface area contributed by atoms with Gasteiger partial charge in [0, 0.05) is 0 Å². The van der Waals surface area contributed by atoms with Crippen molar-refractivity contribution in [3.05, 3.63) is 0 Å². The Balaban J connectivity index is 3.71. The fourth-order valence-corrected chi connectivity index (χ4v) is 1.67. The summed E-state index contributed by atoms with van der Waals surface area (Å²) in [6.45, 7) is 2.12. The summed E-state index contributed by atoms with van der Waals surface area (Å²) in [4.78, 5) is 0. The first-order valence-corrected chi connectivity index (χ1v) is 5.48. The SMILES string of the molecule is CCCOS(=O)(=O)CCC=S. The van der Waals surface area contributed by atoms with E-state index < -0.39 is 10.1 Å². The van der Waals surface area contributed by atoms with Gasteiger partial charge in [-0.05, 0) is 18.2 Å². The minimum absolute atomic E-state index is 0.00347. The average Bonchev–Trinajstić information content (AvgIpc) is 1.97. The third kappa shape index (κ3) is 6.40. The van der Waals surface area contributed by atoms with E-state index in [1.807, 2.05) is 6.92 Å². The number of thiocarbonyl (C=S) groups is 1. The molecule has 0 aliphatic rings. The fraction of sp³-hybridized carbons (Fsp3) is 0.833. The molecule has 0 aromatic carbocycles. The van der Waals surface area contributed by atoms with Crippen LogP contribution in [0.2, 0.25) is 0 Å². The summed E-state index contributed by atoms with van der Waals surface area (Å²) in [5.41, 5.74) is 0. The lowest BCUT2D eigenvalue weighted by Gasteiger charge is -2.00. The van der Waals surface area contributed by atoms with Crippen molar-refractivity contribution in [2.75, 3.05) is 12.4 Å². The van der Waals surface area contributed by atoms with Crippen LogP contribution in [0.4, 0.5) is 0 Å². The maximum absolute atomic E-state index is 10.9. The summed E-state index contributed by atoms with van der Waals surface area (Å²) in [6, 6.07) is 0. The topological polar surface area (TPSA) is 43.4 Å². The van der Waals surface area contributed by atoms with Gasteiger partial charge in [-0.1, -0.05) is 19.1 Å². The molecule has 66 valence electrons. The molecule has 0 aromatic rings. The largest absolute Gasteiger partial charge is 0.270 e. The zero-order valence-electron chi connectivity index (χ0n) is 6.45. The van der Waals surface area contributed by atoms with Gasteiger partial charge in [-0.15, -0.1) is 0 Å². The van der Waals surface area contributed by atoms with Gasteiger partial charge in [0.05, 0.1) is 12.4 Å². The van der Waals surface area contributed by atoms with E-state index in [1.54, 1.807) is 0 Å². The van der Waals surface area contributed by atoms with E-state index in [9.17, 15) is 8.42 Å². The predicted octanol–water partition coefficient (Wildman–Crippen LogP) is 1.13. The predicted molar refractivity (Wildman–Crippen MR) is 48.3 cm³/mol. The van der Waals surface area contributed by atoms with E-state index >= 15 is 0 Å². The van der Waals surface area contributed by atoms with Crippen molar-refractivity contribution >= 4 is 27.7 Å². The summed E-state index contributed by atoms with van der Waals surface area (Å²) in [7, 11) is -3.30. The van der Waals surface area contributed by atoms with Crippen molar-refractivity contribution in [1.29, 1.82) is 0 Å². The molecule has 0 atom stereocenters. The van der Waals surface area contributed by atoms with Gasteiger partial charge in [0.1, 0.15) is 0 Å². The molecule has 0 aliphatic heterocycles. The molecule has 11 heavy (non-hydrogen) atoms. The zero-order valence-corrected chi connectivity index (χ0v) is 8.08. The lowest BCUT2D eigenvalue weighted by Crippen LogP contribution is -2.11. The van der Waals surface area contributed by atoms with E-state index in [0.717, 1.165) is 0 Å². The van der Waals surface area contributed by atoms with E-state index in [4.69, 9.17) is 0 Å². The first-order chi connectivity index (χ1) is 5.12. The third-order valence-electron chi connectivity index (χ3n) is 0.953. The van der Waals surface area contributed by atoms with E-state index in [0.29, 0.717) is 12.8 Å². The van der Waals surface area contributed by atoms with Crippen LogP contribution in [-0.2, 0) is 14.3 Å². The molecule has 0 fully saturated rings. The second-order valence-corrected chi connectivity index (χ2v) is 4.13. The van der Waals surface area contributed by atoms with Gasteiger partial charge in [-0.3, -0.25) is 4.18 Å². The van der Waals surface area contributed by atoms with Gasteiger partial charge in [0.25, 0.3) is 10.1 Å². The molecule has 0 unspecified atom stereocenters. The van der Waals surface area contributed by atoms with E-state index in [1.165, 1.54) is 5.37 Å². The molecule has 0 amide bonds. The Morgan fingerprint density at radius 1 is 1.55 bits per heavy atom. The molecule has 0 aromatic heterocycles. The molecule has 0 saturated heterocycles. The molecular weight excluding hydrogens is 184 g/mol. The Bertz CT molecular complexity index is 196. The smallest absolute Gasteiger partial charge is 0.267 e. The minimum Gasteiger partial charge on any atom is -0.270 e. The first-order valence-electron chi connectivity index (χ1n) is 3.43. The Labute approximate surface area is 72.9 Å². The maximum atomic E-state index is 10.9. The molecule has 0 bridgehead atoms. The summed E-state index contributed by atoms with van der Waals surface area (Å²) in [6.07, 6.45) is 1.08. The van der Waals surface area contributed by atoms with Crippen LogP contribution in [0.3, 0.4) is 0 Å². The zero-order chi connectivity index (χ0) is 8.74. The van der Waals surface area contributed by atoms with Crippen LogP contribution < -0.4 is 0 Å². The molecule has 0 saturated carbocycles. The van der Waals surface area contributed by atoms with Gasteiger partial charge < -0.3 is 0 Å². The quantitative estimate of drug-likeness (QED) is 0.472. The minimum atomic E-state index is -3.30. The highest BCUT2D eigenvalue weighted by atomic mass is 32.2. The molecule has 0 rings (SSSR count). The molecule has 0 N–H and O–H groups in total. The van der Waals surface area contributed by atoms with Gasteiger partial charge in [-0.2, -0.15) is 8.42 Å². The summed E-state index contributed by atoms with van der Waals surface area (Å²) in [5, 5.41) is 1.40. The number of hydrogen-bond donors (Lipinski definition) is 0. The third-order valence-corrected chi connectivity index (χ3v) is 2.45. The van der Waals surface area contributed by atoms with Crippen LogP contribution in [-0.4, -0.2) is 26.1 Å². The van der Waals surface area contributed by atoms with Crippen LogP contribution in [0.5, 0.6) is 0 Å². The van der Waals surface area contributed by atoms with Crippen LogP contribution >= 0.6 is 12.2 Å². The van der Waals surface area contributed by atoms with Gasteiger partial charge in [0.2, 0.25) is 0 Å². The van der Waals surface area contributed by atoms with Crippen LogP contribution in [0.25, 0.3) is 0 Å². The molecular formula is C6H12O3S2. The van der Waals surface area contributed by atoms with Crippen molar-refractivity contribution in [3.8, 4) is 0 Å². The second-order valence-electron chi connectivity index (χ2n) is 2.04. The highest BCUT2D eigenvalue weighted by Crippen LogP contribution is 1.96. The van der Waals surface area contributed by atoms with Crippen molar-refractivity contribution in [3.63, 3.8) is 0 Å². The second kappa shape index (κ2) is 5.62. The lowest BCUT2D eigenvalue weighted by molar-refractivity contribution is 0.318. The van der Waals surface area contributed by atoms with Crippen molar-refractivity contribution < 1.29 is 12.6 Å². The summed E-state index contributed by atoms with van der Waals surface area (Å²) < 4.78 is 26.3. The molecule has 0 aliphatic carbocycles. The lowest BCUT2D eigenvalue weighted by atomic mass is 10.5. The van der Waals surface area contributed by atoms with E-state index in [-0.39, 0.29) is 12.4 Å². The molecule has 0 radical (unpaired) electrons. The van der Waals surface area contributed by atoms with Crippen LogP contribution in [0, 0.1) is 0 Å². The normalized spacial score (nSPS) is 11.4. The van der Waals surface area contributed by atoms with Crippen molar-refractivity contribution in [2.45, 2.75) is 19.8 Å². The van der Waals surface area contributed by atoms with Gasteiger partial charge >= 0.3 is 0 Å². The highest BCUT2D eigenvalue weighted by Gasteiger charge is 2.07. The van der Waals surface area contributed by atoms with Crippen molar-refractivity contribution in [1.82, 2.24) is 0 Å². The Hall–Kier alpha value is -0.0000000000000000278. The van der Waals surface area contributed by atoms with Gasteiger partial charge in [0.15, 0.2) is 0 Å². The molecule has 0 spiro atoms. The van der Waals surface area contributed by atoms with Crippen LogP contribution in [0.1, 0.15) is 19.8 Å². The molecule has 5 heteroatoms. The summed E-state index contributed by atoms with van der Waals surface area (Å²) >= 11 is 4.49. The summed E-state index contributed by atoms with van der Waals surface area (Å²) in [5.74, 6) is -0.00347. The molecule has 3 nitrogen and oxygen atoms in total. The average molecular weight is 196 g/mol. The first kappa shape index (κ1) is 11.0. The Morgan fingerprint density at radius 3 is 2.64 bits per heavy atom. The highest BCUT2D eigenvalue weighted by molar-refractivity contribution is 7.86. The standard InChI is InChI=1S/C6H12O3S2/c1-2-4-9-11(7,8)6-3-5-10/h5H,2-4,6H2,1H3. The monoisotopic (exact) mass is 196 g/mol. The molecule has 0 heterocycles. The van der Waals surface area contributed by atoms with Crippen molar-refractivity contribution in [2.24, 2.45) is 0 Å². The van der Waals surface area contributed by atoms with Crippen LogP contribution in [0.15, 0.2) is 0 Å². The Morgan fingerprint density at radius 2 is 2.18 bits per heavy atom. The fourth-order valence-electron chi connectivity index (χ4n) is 0.462. The number of hydrogen-bond acceptors (Lipinski definition) is 4. The van der Waals surface area contributed by atoms with E-state index in [2.05, 4.69) is 16.4 Å². The maximum Gasteiger partial charge on any atom is 0.267 e. The van der Waals surface area contributed by atoms with Gasteiger partial charge in [-0.25, -0.2) is 0 Å². The Kier molecular flexibility index (Phi) is 5.62. The number of rotatable bonds is 6.